The SMILES string of the molecule is C=CC(=O)N[C@H]1C[C@@H](C(=O)Nc2ccc(NC(=O)c3cccc(Br)n3)nc2)CN(C(=O)O)C1. The molecule has 0 aliphatic carbocycles. The van der Waals surface area contributed by atoms with Crippen molar-refractivity contribution in [3.8, 4) is 0 Å². The fraction of sp³-hybridized carbons (Fsp3) is 0.238. The predicted octanol–water partition coefficient (Wildman–Crippen LogP) is 2.10. The number of anilines is 2. The van der Waals surface area contributed by atoms with E-state index in [4.69, 9.17) is 0 Å². The third-order valence-electron chi connectivity index (χ3n) is 4.84. The van der Waals surface area contributed by atoms with Crippen LogP contribution in [-0.2, 0) is 9.59 Å². The molecule has 4 amide bonds. The van der Waals surface area contributed by atoms with Crippen LogP contribution in [0.15, 0.2) is 53.8 Å². The Kier molecular flexibility index (Phi) is 7.72. The lowest BCUT2D eigenvalue weighted by atomic mass is 9.93. The lowest BCUT2D eigenvalue weighted by Crippen LogP contribution is -2.54. The van der Waals surface area contributed by atoms with Crippen LogP contribution in [-0.4, -0.2) is 62.9 Å². The van der Waals surface area contributed by atoms with E-state index in [1.807, 2.05) is 0 Å². The molecule has 2 aromatic rings. The van der Waals surface area contributed by atoms with Crippen molar-refractivity contribution in [2.24, 2.45) is 5.92 Å². The first kappa shape index (κ1) is 23.9. The Morgan fingerprint density at radius 2 is 1.94 bits per heavy atom. The molecule has 0 aromatic carbocycles. The third-order valence-corrected chi connectivity index (χ3v) is 5.29. The standard InChI is InChI=1S/C21H21BrN6O5/c1-2-18(29)24-14-8-12(10-28(11-14)21(32)33)19(30)25-13-6-7-17(23-9-13)27-20(31)15-4-3-5-16(22)26-15/h2-7,9,12,14H,1,8,10-11H2,(H,24,29)(H,25,30)(H,32,33)(H,23,27,31)/t12-,14+/m1/s1. The number of nitrogens with zero attached hydrogens (tertiary/aromatic N) is 3. The molecule has 11 nitrogen and oxygen atoms in total. The summed E-state index contributed by atoms with van der Waals surface area (Å²) in [6.07, 6.45) is 1.56. The van der Waals surface area contributed by atoms with Crippen molar-refractivity contribution in [1.82, 2.24) is 20.2 Å². The van der Waals surface area contributed by atoms with Crippen molar-refractivity contribution >= 4 is 51.2 Å². The van der Waals surface area contributed by atoms with Gasteiger partial charge in [-0.05, 0) is 52.7 Å². The van der Waals surface area contributed by atoms with Gasteiger partial charge in [0.2, 0.25) is 11.8 Å². The number of likely N-dealkylation sites (tertiary alicyclic amines) is 1. The molecule has 1 aliphatic heterocycles. The number of rotatable bonds is 6. The number of carboxylic acid groups (broad SMARTS) is 1. The second-order valence-corrected chi connectivity index (χ2v) is 8.06. The largest absolute Gasteiger partial charge is 0.465 e. The Morgan fingerprint density at radius 3 is 2.58 bits per heavy atom. The number of nitrogens with one attached hydrogen (secondary N) is 3. The fourth-order valence-electron chi connectivity index (χ4n) is 3.31. The second kappa shape index (κ2) is 10.7. The zero-order chi connectivity index (χ0) is 24.0. The Labute approximate surface area is 197 Å². The highest BCUT2D eigenvalue weighted by atomic mass is 79.9. The van der Waals surface area contributed by atoms with Gasteiger partial charge >= 0.3 is 6.09 Å². The molecule has 2 atom stereocenters. The fourth-order valence-corrected chi connectivity index (χ4v) is 3.65. The molecule has 1 saturated heterocycles. The van der Waals surface area contributed by atoms with Gasteiger partial charge in [0.1, 0.15) is 16.1 Å². The van der Waals surface area contributed by atoms with Gasteiger partial charge in [-0.3, -0.25) is 14.4 Å². The number of amides is 4. The molecule has 1 aliphatic rings. The Morgan fingerprint density at radius 1 is 1.15 bits per heavy atom. The van der Waals surface area contributed by atoms with Crippen molar-refractivity contribution in [3.63, 3.8) is 0 Å². The van der Waals surface area contributed by atoms with E-state index in [0.717, 1.165) is 11.0 Å². The van der Waals surface area contributed by atoms with Crippen LogP contribution in [0.3, 0.4) is 0 Å². The van der Waals surface area contributed by atoms with E-state index in [9.17, 15) is 24.3 Å². The molecule has 33 heavy (non-hydrogen) atoms. The van der Waals surface area contributed by atoms with Crippen molar-refractivity contribution in [2.75, 3.05) is 23.7 Å². The first-order valence-electron chi connectivity index (χ1n) is 9.86. The minimum Gasteiger partial charge on any atom is -0.465 e. The summed E-state index contributed by atoms with van der Waals surface area (Å²) in [6, 6.07) is 7.50. The highest BCUT2D eigenvalue weighted by molar-refractivity contribution is 9.10. The van der Waals surface area contributed by atoms with E-state index in [1.165, 1.54) is 12.3 Å². The van der Waals surface area contributed by atoms with Crippen molar-refractivity contribution in [2.45, 2.75) is 12.5 Å². The van der Waals surface area contributed by atoms with Gasteiger partial charge < -0.3 is 26.0 Å². The van der Waals surface area contributed by atoms with Crippen LogP contribution in [0.25, 0.3) is 0 Å². The summed E-state index contributed by atoms with van der Waals surface area (Å²) in [5.74, 6) is -1.69. The van der Waals surface area contributed by atoms with Crippen LogP contribution >= 0.6 is 15.9 Å². The molecule has 0 spiro atoms. The lowest BCUT2D eigenvalue weighted by Gasteiger charge is -2.35. The minimum absolute atomic E-state index is 0.00281. The summed E-state index contributed by atoms with van der Waals surface area (Å²) in [4.78, 5) is 57.3. The van der Waals surface area contributed by atoms with Gasteiger partial charge in [0.15, 0.2) is 0 Å². The van der Waals surface area contributed by atoms with Gasteiger partial charge in [-0.2, -0.15) is 0 Å². The molecule has 12 heteroatoms. The average Bonchev–Trinajstić information content (AvgIpc) is 2.80. The highest BCUT2D eigenvalue weighted by Crippen LogP contribution is 2.20. The molecule has 0 saturated carbocycles. The smallest absolute Gasteiger partial charge is 0.407 e. The maximum Gasteiger partial charge on any atom is 0.407 e. The molecule has 4 N–H and O–H groups in total. The van der Waals surface area contributed by atoms with Crippen LogP contribution in [0.1, 0.15) is 16.9 Å². The number of carbonyl (C=O) groups excluding carboxylic acids is 3. The number of hydrogen-bond donors (Lipinski definition) is 4. The van der Waals surface area contributed by atoms with Crippen molar-refractivity contribution in [1.29, 1.82) is 0 Å². The normalized spacial score (nSPS) is 17.5. The molecule has 2 aromatic heterocycles. The lowest BCUT2D eigenvalue weighted by molar-refractivity contribution is -0.123. The number of pyridine rings is 2. The first-order chi connectivity index (χ1) is 15.7. The van der Waals surface area contributed by atoms with Crippen LogP contribution in [0.4, 0.5) is 16.3 Å². The summed E-state index contributed by atoms with van der Waals surface area (Å²) in [5, 5.41) is 17.3. The third kappa shape index (κ3) is 6.59. The zero-order valence-corrected chi connectivity index (χ0v) is 18.9. The average molecular weight is 517 g/mol. The number of aromatic nitrogens is 2. The van der Waals surface area contributed by atoms with E-state index in [-0.39, 0.29) is 31.0 Å². The molecule has 1 fully saturated rings. The van der Waals surface area contributed by atoms with E-state index in [1.54, 1.807) is 24.3 Å². The van der Waals surface area contributed by atoms with Crippen molar-refractivity contribution in [3.05, 3.63) is 59.5 Å². The van der Waals surface area contributed by atoms with E-state index < -0.39 is 35.8 Å². The summed E-state index contributed by atoms with van der Waals surface area (Å²) in [5.41, 5.74) is 0.583. The van der Waals surface area contributed by atoms with Gasteiger partial charge in [-0.1, -0.05) is 12.6 Å². The maximum absolute atomic E-state index is 12.7. The minimum atomic E-state index is -1.17. The second-order valence-electron chi connectivity index (χ2n) is 7.25. The number of halogens is 1. The quantitative estimate of drug-likeness (QED) is 0.338. The molecule has 3 heterocycles. The van der Waals surface area contributed by atoms with Gasteiger partial charge in [0.05, 0.1) is 17.8 Å². The molecule has 172 valence electrons. The first-order valence-corrected chi connectivity index (χ1v) is 10.7. The summed E-state index contributed by atoms with van der Waals surface area (Å²) >= 11 is 3.20. The van der Waals surface area contributed by atoms with Gasteiger partial charge in [0.25, 0.3) is 5.91 Å². The molecular weight excluding hydrogens is 496 g/mol. The number of carbonyl (C=O) groups is 4. The topological polar surface area (TPSA) is 154 Å². The van der Waals surface area contributed by atoms with E-state index in [2.05, 4.69) is 48.4 Å². The molecule has 0 radical (unpaired) electrons. The summed E-state index contributed by atoms with van der Waals surface area (Å²) in [6.45, 7) is 3.46. The molecule has 0 unspecified atom stereocenters. The van der Waals surface area contributed by atoms with Gasteiger partial charge in [-0.15, -0.1) is 0 Å². The van der Waals surface area contributed by atoms with Crippen molar-refractivity contribution < 1.29 is 24.3 Å². The Hall–Kier alpha value is -3.80. The molecule has 3 rings (SSSR count). The Bertz CT molecular complexity index is 1080. The van der Waals surface area contributed by atoms with Crippen LogP contribution in [0, 0.1) is 5.92 Å². The van der Waals surface area contributed by atoms with Crippen LogP contribution < -0.4 is 16.0 Å². The highest BCUT2D eigenvalue weighted by Gasteiger charge is 2.34. The monoisotopic (exact) mass is 516 g/mol. The number of hydrogen-bond acceptors (Lipinski definition) is 6. The van der Waals surface area contributed by atoms with E-state index in [0.29, 0.717) is 10.3 Å². The van der Waals surface area contributed by atoms with E-state index >= 15 is 0 Å². The van der Waals surface area contributed by atoms with Gasteiger partial charge in [-0.25, -0.2) is 14.8 Å². The number of piperidine rings is 1. The molecule has 0 bridgehead atoms. The summed E-state index contributed by atoms with van der Waals surface area (Å²) < 4.78 is 0.525. The summed E-state index contributed by atoms with van der Waals surface area (Å²) in [7, 11) is 0. The zero-order valence-electron chi connectivity index (χ0n) is 17.3. The van der Waals surface area contributed by atoms with Crippen LogP contribution in [0.2, 0.25) is 0 Å². The Balaban J connectivity index is 1.61. The predicted molar refractivity (Wildman–Crippen MR) is 123 cm³/mol. The maximum atomic E-state index is 12.7. The molecular formula is C21H21BrN6O5. The van der Waals surface area contributed by atoms with Gasteiger partial charge in [0, 0.05) is 19.1 Å². The van der Waals surface area contributed by atoms with Crippen LogP contribution in [0.5, 0.6) is 0 Å².